The van der Waals surface area contributed by atoms with Crippen LogP contribution < -0.4 is 24.8 Å². The molecule has 2 aliphatic carbocycles. The molecule has 2 aliphatic rings. The number of allylic oxidation sites excluding steroid dienone is 10. The Morgan fingerprint density at radius 1 is 0.655 bits per heavy atom. The second-order valence-corrected chi connectivity index (χ2v) is 29.5. The van der Waals surface area contributed by atoms with E-state index in [1.807, 2.05) is 0 Å². The van der Waals surface area contributed by atoms with Crippen molar-refractivity contribution in [2.45, 2.75) is 70.6 Å². The third-order valence-electron chi connectivity index (χ3n) is 4.91. The summed E-state index contributed by atoms with van der Waals surface area (Å²) in [5, 5.41) is 0. The Bertz CT molecular complexity index is 619. The largest absolute Gasteiger partial charge is 1.00 e. The van der Waals surface area contributed by atoms with E-state index in [1.54, 1.807) is 0 Å². The molecular weight excluding hydrogens is 594 g/mol. The van der Waals surface area contributed by atoms with E-state index in [1.165, 1.54) is 23.2 Å². The van der Waals surface area contributed by atoms with Gasteiger partial charge in [-0.25, -0.2) is 0 Å². The predicted molar refractivity (Wildman–Crippen MR) is 126 cm³/mol. The Hall–Kier alpha value is 0.324. The molecule has 0 aromatic rings. The summed E-state index contributed by atoms with van der Waals surface area (Å²) in [6.45, 7) is 23.7. The van der Waals surface area contributed by atoms with Crippen molar-refractivity contribution in [3.05, 3.63) is 72.9 Å². The smallest absolute Gasteiger partial charge is 1.00 e. The van der Waals surface area contributed by atoms with Gasteiger partial charge in [0.15, 0.2) is 0 Å². The second kappa shape index (κ2) is 11.3. The fourth-order valence-corrected chi connectivity index (χ4v) is 15.8. The molecule has 0 atom stereocenters. The van der Waals surface area contributed by atoms with Gasteiger partial charge in [0.1, 0.15) is 0 Å². The SMILES string of the molecule is C=C(C[C]1([Hf+2][C]2(CC(=C)C[Si](C)(C)C)C=CC=C2)C=CC=C1)C[Si](C)(C)C.[Cl-].[Cl-]. The Kier molecular flexibility index (Phi) is 11.4. The molecule has 0 heterocycles. The summed E-state index contributed by atoms with van der Waals surface area (Å²) in [5.41, 5.74) is 2.94. The van der Waals surface area contributed by atoms with Crippen molar-refractivity contribution < 1.29 is 47.7 Å². The van der Waals surface area contributed by atoms with Crippen LogP contribution in [0, 0.1) is 0 Å². The fraction of sp³-hybridized carbons (Fsp3) is 0.500. The first-order valence-corrected chi connectivity index (χ1v) is 21.2. The fourth-order valence-electron chi connectivity index (χ4n) is 4.40. The Morgan fingerprint density at radius 2 is 0.931 bits per heavy atom. The standard InChI is InChI=1S/2C12H19Si.2ClH.Hf/c2*1-11(10-13(2,3)4)9-12-7-5-6-8-12;;;/h2*5-8H,1,9-10H2,2-4H3;2*1H;/q;;;;+2/p-2. The zero-order valence-electron chi connectivity index (χ0n) is 19.1. The molecule has 0 spiro atoms. The maximum absolute atomic E-state index is 4.51. The van der Waals surface area contributed by atoms with Gasteiger partial charge in [-0.1, -0.05) is 0 Å². The molecule has 29 heavy (non-hydrogen) atoms. The van der Waals surface area contributed by atoms with E-state index in [2.05, 4.69) is 101 Å². The summed E-state index contributed by atoms with van der Waals surface area (Å²) in [6.07, 6.45) is 21.5. The molecular formula is C24H38Cl2HfSi2. The Balaban J connectivity index is 0.00000392. The van der Waals surface area contributed by atoms with Crippen LogP contribution in [0.5, 0.6) is 0 Å². The zero-order valence-corrected chi connectivity index (χ0v) is 26.2. The molecule has 0 saturated heterocycles. The first kappa shape index (κ1) is 29.3. The van der Waals surface area contributed by atoms with Crippen molar-refractivity contribution in [3.8, 4) is 0 Å². The molecule has 0 N–H and O–H groups in total. The van der Waals surface area contributed by atoms with Gasteiger partial charge < -0.3 is 24.8 Å². The van der Waals surface area contributed by atoms with E-state index < -0.39 is 39.1 Å². The Labute approximate surface area is 206 Å². The third kappa shape index (κ3) is 9.99. The van der Waals surface area contributed by atoms with Crippen LogP contribution in [0.1, 0.15) is 12.8 Å². The number of halogens is 2. The van der Waals surface area contributed by atoms with Gasteiger partial charge in [0.05, 0.1) is 0 Å². The van der Waals surface area contributed by atoms with Crippen molar-refractivity contribution in [3.63, 3.8) is 0 Å². The maximum Gasteiger partial charge on any atom is -1.00 e. The third-order valence-corrected chi connectivity index (χ3v) is 15.0. The van der Waals surface area contributed by atoms with Gasteiger partial charge in [-0.15, -0.1) is 0 Å². The van der Waals surface area contributed by atoms with E-state index in [0.29, 0.717) is 6.34 Å². The molecule has 0 saturated carbocycles. The molecule has 0 amide bonds. The molecule has 0 aromatic carbocycles. The molecule has 0 aliphatic heterocycles. The second-order valence-electron chi connectivity index (χ2n) is 11.0. The molecule has 0 bridgehead atoms. The van der Waals surface area contributed by atoms with Crippen LogP contribution in [0.15, 0.2) is 72.9 Å². The summed E-state index contributed by atoms with van der Waals surface area (Å²) in [7, 11) is -2.21. The first-order valence-electron chi connectivity index (χ1n) is 10.2. The van der Waals surface area contributed by atoms with E-state index >= 15 is 0 Å². The molecule has 5 heteroatoms. The first-order chi connectivity index (χ1) is 12.3. The number of hydrogen-bond acceptors (Lipinski definition) is 0. The van der Waals surface area contributed by atoms with E-state index in [0.717, 1.165) is 12.8 Å². The van der Waals surface area contributed by atoms with Gasteiger partial charge >= 0.3 is 183 Å². The van der Waals surface area contributed by atoms with Crippen LogP contribution in [0.2, 0.25) is 57.7 Å². The molecule has 2 rings (SSSR count). The van der Waals surface area contributed by atoms with E-state index in [-0.39, 0.29) is 24.8 Å². The zero-order chi connectivity index (χ0) is 20.3. The van der Waals surface area contributed by atoms with Crippen molar-refractivity contribution in [2.24, 2.45) is 0 Å². The van der Waals surface area contributed by atoms with Crippen molar-refractivity contribution in [1.29, 1.82) is 0 Å². The van der Waals surface area contributed by atoms with Crippen molar-refractivity contribution in [2.75, 3.05) is 0 Å². The van der Waals surface area contributed by atoms with Crippen LogP contribution in [0.3, 0.4) is 0 Å². The number of rotatable bonds is 10. The molecule has 0 nitrogen and oxygen atoms in total. The van der Waals surface area contributed by atoms with Crippen molar-refractivity contribution in [1.82, 2.24) is 0 Å². The molecule has 0 fully saturated rings. The molecule has 0 unspecified atom stereocenters. The number of hydrogen-bond donors (Lipinski definition) is 0. The topological polar surface area (TPSA) is 0 Å². The average Bonchev–Trinajstić information content (AvgIpc) is 3.04. The summed E-state index contributed by atoms with van der Waals surface area (Å²) in [4.78, 5) is 0. The van der Waals surface area contributed by atoms with E-state index in [9.17, 15) is 0 Å². The normalized spacial score (nSPS) is 18.1. The monoisotopic (exact) mass is 632 g/mol. The summed E-state index contributed by atoms with van der Waals surface area (Å²) in [5.74, 6) is 0. The average molecular weight is 632 g/mol. The van der Waals surface area contributed by atoms with Gasteiger partial charge in [0.25, 0.3) is 0 Å². The van der Waals surface area contributed by atoms with Gasteiger partial charge in [0.2, 0.25) is 0 Å². The van der Waals surface area contributed by atoms with Crippen LogP contribution in [0.25, 0.3) is 0 Å². The molecule has 0 radical (unpaired) electrons. The summed E-state index contributed by atoms with van der Waals surface area (Å²) >= 11 is -1.12. The molecule has 0 aromatic heterocycles. The van der Waals surface area contributed by atoms with Crippen molar-refractivity contribution >= 4 is 16.1 Å². The van der Waals surface area contributed by atoms with Crippen LogP contribution in [-0.4, -0.2) is 16.1 Å². The predicted octanol–water partition coefficient (Wildman–Crippen LogP) is 2.22. The van der Waals surface area contributed by atoms with Gasteiger partial charge in [-0.05, 0) is 0 Å². The van der Waals surface area contributed by atoms with Crippen LogP contribution in [0.4, 0.5) is 0 Å². The summed E-state index contributed by atoms with van der Waals surface area (Å²) in [6, 6.07) is 2.50. The van der Waals surface area contributed by atoms with Gasteiger partial charge in [-0.3, -0.25) is 0 Å². The minimum atomic E-state index is -1.12. The maximum atomic E-state index is 4.51. The van der Waals surface area contributed by atoms with Crippen LogP contribution in [-0.2, 0) is 22.9 Å². The van der Waals surface area contributed by atoms with Gasteiger partial charge in [-0.2, -0.15) is 0 Å². The van der Waals surface area contributed by atoms with Gasteiger partial charge in [0, 0.05) is 0 Å². The quantitative estimate of drug-likeness (QED) is 0.256. The molecule has 160 valence electrons. The van der Waals surface area contributed by atoms with Crippen LogP contribution >= 0.6 is 0 Å². The van der Waals surface area contributed by atoms with E-state index in [4.69, 9.17) is 0 Å². The minimum Gasteiger partial charge on any atom is -1.00 e. The summed E-state index contributed by atoms with van der Waals surface area (Å²) < 4.78 is 0.602. The Morgan fingerprint density at radius 3 is 1.17 bits per heavy atom. The minimum absolute atomic E-state index is 0.